The van der Waals surface area contributed by atoms with E-state index in [2.05, 4.69) is 42.3 Å². The van der Waals surface area contributed by atoms with Crippen LogP contribution in [0, 0.1) is 0 Å². The molecule has 2 N–H and O–H groups in total. The van der Waals surface area contributed by atoms with Crippen LogP contribution in [-0.4, -0.2) is 25.6 Å². The number of hydrogen-bond donors (Lipinski definition) is 2. The molecule has 0 radical (unpaired) electrons. The van der Waals surface area contributed by atoms with E-state index in [4.69, 9.17) is 12.2 Å². The summed E-state index contributed by atoms with van der Waals surface area (Å²) in [6, 6.07) is 23.5. The Bertz CT molecular complexity index is 1290. The number of carbonyl (C=O) groups excluding carboxylic acids is 1. The van der Waals surface area contributed by atoms with Crippen LogP contribution in [0.15, 0.2) is 91.4 Å². The largest absolute Gasteiger partial charge is 0.351 e. The molecule has 34 heavy (non-hydrogen) atoms. The summed E-state index contributed by atoms with van der Waals surface area (Å²) in [5.41, 5.74) is 4.66. The highest BCUT2D eigenvalue weighted by Gasteiger charge is 2.42. The number of thiocarbonyl (C=S) groups is 1. The molecule has 1 saturated heterocycles. The van der Waals surface area contributed by atoms with E-state index in [-0.39, 0.29) is 18.0 Å². The van der Waals surface area contributed by atoms with Gasteiger partial charge in [-0.3, -0.25) is 14.8 Å². The lowest BCUT2D eigenvalue weighted by Crippen LogP contribution is -2.30. The van der Waals surface area contributed by atoms with Gasteiger partial charge in [-0.05, 0) is 72.9 Å². The van der Waals surface area contributed by atoms with E-state index in [9.17, 15) is 4.79 Å². The van der Waals surface area contributed by atoms with Crippen LogP contribution in [0.4, 0.5) is 11.4 Å². The Labute approximate surface area is 203 Å². The molecular formula is C26H24N6OS. The highest BCUT2D eigenvalue weighted by Crippen LogP contribution is 2.41. The SMILES string of the molecule is CC(=O)Nc1ccc(N2C(=S)N[C@@H](c3ccccn3)[C@H]2c2cccn2Cc2ccccn2)cc1. The minimum Gasteiger partial charge on any atom is -0.351 e. The molecule has 8 heteroatoms. The number of amides is 1. The Kier molecular flexibility index (Phi) is 6.05. The molecule has 0 bridgehead atoms. The predicted molar refractivity (Wildman–Crippen MR) is 136 cm³/mol. The van der Waals surface area contributed by atoms with E-state index in [0.29, 0.717) is 11.7 Å². The van der Waals surface area contributed by atoms with E-state index >= 15 is 0 Å². The van der Waals surface area contributed by atoms with Gasteiger partial charge in [0, 0.05) is 42.6 Å². The van der Waals surface area contributed by atoms with E-state index < -0.39 is 0 Å². The molecule has 1 aliphatic heterocycles. The third-order valence-corrected chi connectivity index (χ3v) is 6.10. The van der Waals surface area contributed by atoms with E-state index in [0.717, 1.165) is 28.5 Å². The fourth-order valence-electron chi connectivity index (χ4n) is 4.35. The van der Waals surface area contributed by atoms with Gasteiger partial charge in [-0.2, -0.15) is 0 Å². The van der Waals surface area contributed by atoms with Crippen LogP contribution >= 0.6 is 12.2 Å². The third-order valence-electron chi connectivity index (χ3n) is 5.79. The first kappa shape index (κ1) is 21.8. The van der Waals surface area contributed by atoms with Crippen LogP contribution in [0.3, 0.4) is 0 Å². The van der Waals surface area contributed by atoms with Crippen molar-refractivity contribution in [1.29, 1.82) is 0 Å². The first-order valence-corrected chi connectivity index (χ1v) is 11.4. The van der Waals surface area contributed by atoms with E-state index in [1.807, 2.05) is 72.9 Å². The minimum absolute atomic E-state index is 0.105. The highest BCUT2D eigenvalue weighted by molar-refractivity contribution is 7.80. The van der Waals surface area contributed by atoms with Gasteiger partial charge in [0.2, 0.25) is 5.91 Å². The monoisotopic (exact) mass is 468 g/mol. The summed E-state index contributed by atoms with van der Waals surface area (Å²) >= 11 is 5.82. The Hall–Kier alpha value is -4.04. The Morgan fingerprint density at radius 3 is 2.44 bits per heavy atom. The third kappa shape index (κ3) is 4.40. The summed E-state index contributed by atoms with van der Waals surface area (Å²) in [7, 11) is 0. The van der Waals surface area contributed by atoms with Crippen LogP contribution in [0.25, 0.3) is 0 Å². The van der Waals surface area contributed by atoms with Gasteiger partial charge in [-0.15, -0.1) is 0 Å². The molecule has 4 heterocycles. The van der Waals surface area contributed by atoms with Crippen molar-refractivity contribution >= 4 is 34.6 Å². The quantitative estimate of drug-likeness (QED) is 0.407. The number of nitrogens with one attached hydrogen (secondary N) is 2. The van der Waals surface area contributed by atoms with E-state index in [1.165, 1.54) is 6.92 Å². The topological polar surface area (TPSA) is 75.1 Å². The molecule has 170 valence electrons. The summed E-state index contributed by atoms with van der Waals surface area (Å²) in [6.07, 6.45) is 5.68. The van der Waals surface area contributed by atoms with Crippen molar-refractivity contribution in [2.75, 3.05) is 10.2 Å². The standard InChI is InChI=1S/C26H24N6OS/c1-18(33)29-19-10-12-21(13-11-19)32-25(24(30-26(32)34)22-8-3-5-15-28-22)23-9-6-16-31(23)17-20-7-2-4-14-27-20/h2-16,24-25H,17H2,1H3,(H,29,33)(H,30,34)/t24-,25+/m0/s1. The number of carbonyl (C=O) groups is 1. The zero-order chi connectivity index (χ0) is 23.5. The van der Waals surface area contributed by atoms with Gasteiger partial charge in [0.1, 0.15) is 6.04 Å². The van der Waals surface area contributed by atoms with Crippen molar-refractivity contribution in [3.8, 4) is 0 Å². The molecule has 7 nitrogen and oxygen atoms in total. The van der Waals surface area contributed by atoms with Crippen LogP contribution in [-0.2, 0) is 11.3 Å². The van der Waals surface area contributed by atoms with Gasteiger partial charge >= 0.3 is 0 Å². The van der Waals surface area contributed by atoms with Crippen molar-refractivity contribution in [2.45, 2.75) is 25.6 Å². The number of nitrogens with zero attached hydrogens (tertiary/aromatic N) is 4. The fraction of sp³-hybridized carbons (Fsp3) is 0.154. The second-order valence-corrected chi connectivity index (χ2v) is 8.49. The van der Waals surface area contributed by atoms with Gasteiger partial charge in [0.15, 0.2) is 5.11 Å². The first-order valence-electron chi connectivity index (χ1n) is 11.0. The number of rotatable bonds is 6. The molecule has 0 spiro atoms. The Balaban J connectivity index is 1.56. The van der Waals surface area contributed by atoms with Crippen molar-refractivity contribution in [1.82, 2.24) is 19.9 Å². The highest BCUT2D eigenvalue weighted by atomic mass is 32.1. The maximum atomic E-state index is 11.4. The Morgan fingerprint density at radius 1 is 1.00 bits per heavy atom. The maximum Gasteiger partial charge on any atom is 0.221 e. The molecule has 2 atom stereocenters. The van der Waals surface area contributed by atoms with Crippen LogP contribution in [0.2, 0.25) is 0 Å². The van der Waals surface area contributed by atoms with Gasteiger partial charge < -0.3 is 20.1 Å². The molecule has 1 amide bonds. The zero-order valence-corrected chi connectivity index (χ0v) is 19.4. The van der Waals surface area contributed by atoms with Crippen molar-refractivity contribution in [2.24, 2.45) is 0 Å². The number of aromatic nitrogens is 3. The zero-order valence-electron chi connectivity index (χ0n) is 18.6. The summed E-state index contributed by atoms with van der Waals surface area (Å²) in [6.45, 7) is 2.15. The first-order chi connectivity index (χ1) is 16.6. The van der Waals surface area contributed by atoms with Crippen LogP contribution in [0.5, 0.6) is 0 Å². The lowest BCUT2D eigenvalue weighted by Gasteiger charge is -2.29. The number of pyridine rings is 2. The molecule has 0 unspecified atom stereocenters. The Morgan fingerprint density at radius 2 is 1.76 bits per heavy atom. The average molecular weight is 469 g/mol. The number of anilines is 2. The molecular weight excluding hydrogens is 444 g/mol. The smallest absolute Gasteiger partial charge is 0.221 e. The van der Waals surface area contributed by atoms with E-state index in [1.54, 1.807) is 6.20 Å². The minimum atomic E-state index is -0.138. The molecule has 4 aromatic rings. The molecule has 1 aromatic carbocycles. The lowest BCUT2D eigenvalue weighted by molar-refractivity contribution is -0.114. The van der Waals surface area contributed by atoms with Gasteiger partial charge in [0.25, 0.3) is 0 Å². The summed E-state index contributed by atoms with van der Waals surface area (Å²) in [5, 5.41) is 6.93. The molecule has 0 saturated carbocycles. The van der Waals surface area contributed by atoms with Crippen LogP contribution in [0.1, 0.15) is 36.1 Å². The second kappa shape index (κ2) is 9.44. The molecule has 1 aliphatic rings. The molecule has 1 fully saturated rings. The summed E-state index contributed by atoms with van der Waals surface area (Å²) in [4.78, 5) is 22.7. The van der Waals surface area contributed by atoms with Gasteiger partial charge in [-0.1, -0.05) is 12.1 Å². The predicted octanol–water partition coefficient (Wildman–Crippen LogP) is 4.46. The second-order valence-electron chi connectivity index (χ2n) is 8.11. The number of benzene rings is 1. The van der Waals surface area contributed by atoms with Crippen molar-refractivity contribution in [3.05, 3.63) is 108 Å². The molecule has 5 rings (SSSR count). The lowest BCUT2D eigenvalue weighted by atomic mass is 10.0. The molecule has 3 aromatic heterocycles. The average Bonchev–Trinajstić information content (AvgIpc) is 3.44. The summed E-state index contributed by atoms with van der Waals surface area (Å²) in [5.74, 6) is -0.105. The van der Waals surface area contributed by atoms with Gasteiger partial charge in [0.05, 0.1) is 24.0 Å². The normalized spacial score (nSPS) is 17.4. The van der Waals surface area contributed by atoms with Crippen LogP contribution < -0.4 is 15.5 Å². The number of hydrogen-bond acceptors (Lipinski definition) is 4. The van der Waals surface area contributed by atoms with Crippen molar-refractivity contribution < 1.29 is 4.79 Å². The maximum absolute atomic E-state index is 11.4. The van der Waals surface area contributed by atoms with Crippen molar-refractivity contribution in [3.63, 3.8) is 0 Å². The fourth-order valence-corrected chi connectivity index (χ4v) is 4.69. The van der Waals surface area contributed by atoms with Gasteiger partial charge in [-0.25, -0.2) is 0 Å². The molecule has 0 aliphatic carbocycles. The summed E-state index contributed by atoms with van der Waals surface area (Å²) < 4.78 is 2.21.